The molecule has 1 unspecified atom stereocenters. The molecule has 0 radical (unpaired) electrons. The number of nitrogens with zero attached hydrogens (tertiary/aromatic N) is 1. The Morgan fingerprint density at radius 1 is 1.48 bits per heavy atom. The molecular weight excluding hydrogens is 314 g/mol. The van der Waals surface area contributed by atoms with Crippen LogP contribution in [0.2, 0.25) is 0 Å². The topological polar surface area (TPSA) is 68.7 Å². The van der Waals surface area contributed by atoms with Crippen LogP contribution in [0.4, 0.5) is 0 Å². The molecule has 5 nitrogen and oxygen atoms in total. The summed E-state index contributed by atoms with van der Waals surface area (Å²) in [7, 11) is 0. The fourth-order valence-corrected chi connectivity index (χ4v) is 3.36. The molecule has 2 heterocycles. The number of rotatable bonds is 5. The largest absolute Gasteiger partial charge is 0.491 e. The lowest BCUT2D eigenvalue weighted by Crippen LogP contribution is -2.31. The van der Waals surface area contributed by atoms with Crippen LogP contribution in [0.5, 0.6) is 5.75 Å². The van der Waals surface area contributed by atoms with Crippen LogP contribution in [-0.4, -0.2) is 34.9 Å². The smallest absolute Gasteiger partial charge is 0.335 e. The van der Waals surface area contributed by atoms with Gasteiger partial charge in [-0.2, -0.15) is 0 Å². The Balaban J connectivity index is 1.86. The van der Waals surface area contributed by atoms with E-state index in [9.17, 15) is 9.90 Å². The van der Waals surface area contributed by atoms with E-state index < -0.39 is 5.97 Å². The fourth-order valence-electron chi connectivity index (χ4n) is 2.60. The maximum absolute atomic E-state index is 11.4. The van der Waals surface area contributed by atoms with Crippen molar-refractivity contribution in [1.82, 2.24) is 4.98 Å². The Labute approximate surface area is 138 Å². The molecule has 1 fully saturated rings. The van der Waals surface area contributed by atoms with Gasteiger partial charge in [-0.1, -0.05) is 0 Å². The third kappa shape index (κ3) is 3.71. The Morgan fingerprint density at radius 2 is 2.30 bits per heavy atom. The Kier molecular flexibility index (Phi) is 4.37. The van der Waals surface area contributed by atoms with E-state index in [0.717, 1.165) is 34.9 Å². The highest BCUT2D eigenvalue weighted by atomic mass is 32.1. The molecule has 1 N–H and O–H groups in total. The van der Waals surface area contributed by atoms with Crippen LogP contribution in [0.3, 0.4) is 0 Å². The van der Waals surface area contributed by atoms with Crippen LogP contribution in [0, 0.1) is 6.92 Å². The minimum atomic E-state index is -0.978. The Morgan fingerprint density at radius 3 is 2.91 bits per heavy atom. The van der Waals surface area contributed by atoms with Gasteiger partial charge in [0.15, 0.2) is 0 Å². The molecule has 1 atom stereocenters. The van der Waals surface area contributed by atoms with Gasteiger partial charge in [0.05, 0.1) is 11.2 Å². The number of carboxylic acid groups (broad SMARTS) is 1. The zero-order chi connectivity index (χ0) is 16.4. The van der Waals surface area contributed by atoms with Crippen LogP contribution in [-0.2, 0) is 4.74 Å². The number of benzene rings is 1. The number of ether oxygens (including phenoxy) is 2. The van der Waals surface area contributed by atoms with Gasteiger partial charge >= 0.3 is 5.97 Å². The zero-order valence-corrected chi connectivity index (χ0v) is 14.0. The summed E-state index contributed by atoms with van der Waals surface area (Å²) in [6, 6.07) is 5.01. The zero-order valence-electron chi connectivity index (χ0n) is 13.2. The van der Waals surface area contributed by atoms with Gasteiger partial charge < -0.3 is 14.6 Å². The number of hydrogen-bond acceptors (Lipinski definition) is 5. The molecule has 122 valence electrons. The number of thiazole rings is 1. The van der Waals surface area contributed by atoms with Crippen molar-refractivity contribution >= 4 is 17.3 Å². The van der Waals surface area contributed by atoms with Gasteiger partial charge in [-0.25, -0.2) is 9.78 Å². The van der Waals surface area contributed by atoms with Gasteiger partial charge in [-0.15, -0.1) is 11.3 Å². The van der Waals surface area contributed by atoms with E-state index in [1.807, 2.05) is 19.9 Å². The normalized spacial score (nSPS) is 20.6. The number of carbonyl (C=O) groups is 1. The van der Waals surface area contributed by atoms with Crippen LogP contribution < -0.4 is 4.74 Å². The summed E-state index contributed by atoms with van der Waals surface area (Å²) < 4.78 is 11.5. The van der Waals surface area contributed by atoms with Gasteiger partial charge in [-0.05, 0) is 44.9 Å². The van der Waals surface area contributed by atoms with Gasteiger partial charge in [-0.3, -0.25) is 0 Å². The molecule has 0 aliphatic carbocycles. The predicted octanol–water partition coefficient (Wildman–Crippen LogP) is 3.76. The van der Waals surface area contributed by atoms with E-state index in [4.69, 9.17) is 9.47 Å². The highest BCUT2D eigenvalue weighted by molar-refractivity contribution is 7.14. The first-order valence-corrected chi connectivity index (χ1v) is 8.35. The van der Waals surface area contributed by atoms with E-state index in [1.54, 1.807) is 18.3 Å². The first-order valence-electron chi connectivity index (χ1n) is 7.53. The molecule has 6 heteroatoms. The number of carboxylic acids is 1. The van der Waals surface area contributed by atoms with Gasteiger partial charge in [0.1, 0.15) is 17.4 Å². The lowest BCUT2D eigenvalue weighted by molar-refractivity contribution is -0.0158. The quantitative estimate of drug-likeness (QED) is 0.902. The summed E-state index contributed by atoms with van der Waals surface area (Å²) in [6.45, 7) is 5.15. The molecule has 0 bridgehead atoms. The molecular formula is C17H19NO4S. The van der Waals surface area contributed by atoms with Crippen LogP contribution in [0.1, 0.15) is 35.0 Å². The molecule has 0 spiro atoms. The minimum absolute atomic E-state index is 0.197. The SMILES string of the molecule is Cc1cnc(-c2cc(OCC3(C)CCCO3)cc(C(=O)O)c2)s1. The summed E-state index contributed by atoms with van der Waals surface area (Å²) in [5.74, 6) is -0.446. The highest BCUT2D eigenvalue weighted by Crippen LogP contribution is 2.31. The number of aryl methyl sites for hydroxylation is 1. The molecule has 1 aliphatic heterocycles. The van der Waals surface area contributed by atoms with Crippen LogP contribution in [0.25, 0.3) is 10.6 Å². The second-order valence-corrected chi connectivity index (χ2v) is 7.25. The van der Waals surface area contributed by atoms with Crippen molar-refractivity contribution in [1.29, 1.82) is 0 Å². The first kappa shape index (κ1) is 16.0. The predicted molar refractivity (Wildman–Crippen MR) is 88.3 cm³/mol. The van der Waals surface area contributed by atoms with Crippen LogP contribution in [0.15, 0.2) is 24.4 Å². The van der Waals surface area contributed by atoms with Gasteiger partial charge in [0.2, 0.25) is 0 Å². The number of aromatic nitrogens is 1. The second kappa shape index (κ2) is 6.29. The monoisotopic (exact) mass is 333 g/mol. The van der Waals surface area contributed by atoms with Crippen molar-refractivity contribution in [2.45, 2.75) is 32.3 Å². The first-order chi connectivity index (χ1) is 11.0. The summed E-state index contributed by atoms with van der Waals surface area (Å²) >= 11 is 1.53. The number of hydrogen-bond donors (Lipinski definition) is 1. The molecule has 1 aromatic carbocycles. The van der Waals surface area contributed by atoms with Gasteiger partial charge in [0.25, 0.3) is 0 Å². The molecule has 23 heavy (non-hydrogen) atoms. The molecule has 0 saturated carbocycles. The second-order valence-electron chi connectivity index (χ2n) is 6.02. The average molecular weight is 333 g/mol. The van der Waals surface area contributed by atoms with Crippen molar-refractivity contribution in [3.8, 4) is 16.3 Å². The summed E-state index contributed by atoms with van der Waals surface area (Å²) in [6.07, 6.45) is 3.75. The Hall–Kier alpha value is -1.92. The Bertz CT molecular complexity index is 719. The van der Waals surface area contributed by atoms with E-state index in [1.165, 1.54) is 11.3 Å². The highest BCUT2D eigenvalue weighted by Gasteiger charge is 2.30. The van der Waals surface area contributed by atoms with E-state index in [-0.39, 0.29) is 11.2 Å². The molecule has 0 amide bonds. The molecule has 2 aromatic rings. The van der Waals surface area contributed by atoms with Crippen molar-refractivity contribution in [2.75, 3.05) is 13.2 Å². The maximum Gasteiger partial charge on any atom is 0.335 e. The lowest BCUT2D eigenvalue weighted by atomic mass is 10.0. The summed E-state index contributed by atoms with van der Waals surface area (Å²) in [4.78, 5) is 16.8. The molecule has 1 aromatic heterocycles. The summed E-state index contributed by atoms with van der Waals surface area (Å²) in [5, 5.41) is 10.1. The van der Waals surface area contributed by atoms with Crippen molar-refractivity contribution < 1.29 is 19.4 Å². The number of aromatic carboxylic acids is 1. The maximum atomic E-state index is 11.4. The molecule has 1 aliphatic rings. The lowest BCUT2D eigenvalue weighted by Gasteiger charge is -2.23. The van der Waals surface area contributed by atoms with Gasteiger partial charge in [0, 0.05) is 23.2 Å². The molecule has 1 saturated heterocycles. The van der Waals surface area contributed by atoms with E-state index in [0.29, 0.717) is 12.4 Å². The summed E-state index contributed by atoms with van der Waals surface area (Å²) in [5.41, 5.74) is 0.662. The third-order valence-electron chi connectivity index (χ3n) is 3.87. The third-order valence-corrected chi connectivity index (χ3v) is 4.83. The standard InChI is InChI=1S/C17H19NO4S/c1-11-9-18-15(23-11)12-6-13(16(19)20)8-14(7-12)21-10-17(2)4-3-5-22-17/h6-9H,3-5,10H2,1-2H3,(H,19,20). The molecule has 3 rings (SSSR count). The van der Waals surface area contributed by atoms with Crippen LogP contribution >= 0.6 is 11.3 Å². The van der Waals surface area contributed by atoms with E-state index in [2.05, 4.69) is 4.98 Å². The fraction of sp³-hybridized carbons (Fsp3) is 0.412. The van der Waals surface area contributed by atoms with E-state index >= 15 is 0 Å². The van der Waals surface area contributed by atoms with Crippen molar-refractivity contribution in [3.63, 3.8) is 0 Å². The average Bonchev–Trinajstić information content (AvgIpc) is 3.14. The van der Waals surface area contributed by atoms with Crippen molar-refractivity contribution in [2.24, 2.45) is 0 Å². The van der Waals surface area contributed by atoms with Crippen molar-refractivity contribution in [3.05, 3.63) is 34.8 Å². The minimum Gasteiger partial charge on any atom is -0.491 e.